The van der Waals surface area contributed by atoms with Crippen LogP contribution in [0.25, 0.3) is 0 Å². The third-order valence-corrected chi connectivity index (χ3v) is 5.02. The largest absolute Gasteiger partial charge is 0.480 e. The molecular formula is C19H32N4O11. The first-order valence-corrected chi connectivity index (χ1v) is 10.4. The van der Waals surface area contributed by atoms with Gasteiger partial charge in [-0.1, -0.05) is 0 Å². The van der Waals surface area contributed by atoms with Crippen LogP contribution in [0, 0.1) is 0 Å². The van der Waals surface area contributed by atoms with Crippen molar-refractivity contribution in [2.75, 3.05) is 6.61 Å². The highest BCUT2D eigenvalue weighted by molar-refractivity contribution is 5.91. The van der Waals surface area contributed by atoms with E-state index in [1.807, 2.05) is 0 Å². The molecule has 1 aliphatic heterocycles. The number of carbonyl (C=O) groups is 5. The zero-order valence-corrected chi connectivity index (χ0v) is 19.0. The molecule has 9 N–H and O–H groups in total. The van der Waals surface area contributed by atoms with Crippen molar-refractivity contribution in [3.05, 3.63) is 0 Å². The second-order valence-electron chi connectivity index (χ2n) is 7.84. The van der Waals surface area contributed by atoms with Crippen molar-refractivity contribution in [1.29, 1.82) is 0 Å². The number of nitrogens with two attached hydrogens (primary N) is 1. The lowest BCUT2D eigenvalue weighted by Gasteiger charge is -2.43. The van der Waals surface area contributed by atoms with E-state index in [0.717, 1.165) is 6.92 Å². The standard InChI is InChI=1S/C19H32N4O11/c1-7(16(28)23-10(18(30)31)4-5-12(20)26)21-17(29)8(2)33-15-13(22-9(3)25)19(32)34-11(6-24)14(15)27/h7-8,10-11,13-15,19,24,27,32H,4-6H2,1-3H3,(H2,20,26)(H,21,29)(H,22,25)(H,23,28)(H,30,31)/t7-,8+,10+,11+,13-,14+,15+,19-/m0/s1. The van der Waals surface area contributed by atoms with Gasteiger partial charge in [-0.2, -0.15) is 0 Å². The summed E-state index contributed by atoms with van der Waals surface area (Å²) in [7, 11) is 0. The van der Waals surface area contributed by atoms with E-state index in [-0.39, 0.29) is 12.8 Å². The normalized spacial score (nSPS) is 27.1. The molecule has 0 radical (unpaired) electrons. The number of primary amides is 1. The molecule has 1 saturated heterocycles. The zero-order valence-electron chi connectivity index (χ0n) is 19.0. The predicted octanol–water partition coefficient (Wildman–Crippen LogP) is -4.33. The summed E-state index contributed by atoms with van der Waals surface area (Å²) in [6.07, 6.45) is -7.62. The molecule has 0 saturated carbocycles. The van der Waals surface area contributed by atoms with Crippen LogP contribution in [0.1, 0.15) is 33.6 Å². The molecule has 0 bridgehead atoms. The average Bonchev–Trinajstić information content (AvgIpc) is 2.74. The number of aliphatic carboxylic acids is 1. The van der Waals surface area contributed by atoms with Crippen LogP contribution in [0.4, 0.5) is 0 Å². The van der Waals surface area contributed by atoms with Crippen LogP contribution in [0.5, 0.6) is 0 Å². The van der Waals surface area contributed by atoms with Crippen molar-refractivity contribution >= 4 is 29.6 Å². The van der Waals surface area contributed by atoms with Gasteiger partial charge >= 0.3 is 5.97 Å². The Labute approximate surface area is 195 Å². The van der Waals surface area contributed by atoms with Crippen molar-refractivity contribution < 1.29 is 53.9 Å². The van der Waals surface area contributed by atoms with Gasteiger partial charge in [0.15, 0.2) is 6.29 Å². The molecule has 15 nitrogen and oxygen atoms in total. The van der Waals surface area contributed by atoms with E-state index in [2.05, 4.69) is 16.0 Å². The average molecular weight is 492 g/mol. The smallest absolute Gasteiger partial charge is 0.326 e. The Kier molecular flexibility index (Phi) is 11.3. The minimum atomic E-state index is -1.65. The molecule has 0 aliphatic carbocycles. The van der Waals surface area contributed by atoms with E-state index in [1.165, 1.54) is 13.8 Å². The Bertz CT molecular complexity index is 765. The number of carbonyl (C=O) groups excluding carboxylic acids is 4. The number of rotatable bonds is 12. The van der Waals surface area contributed by atoms with Gasteiger partial charge < -0.3 is 51.6 Å². The fourth-order valence-electron chi connectivity index (χ4n) is 3.17. The van der Waals surface area contributed by atoms with Crippen molar-refractivity contribution in [2.45, 2.75) is 82.4 Å². The van der Waals surface area contributed by atoms with Crippen LogP contribution < -0.4 is 21.7 Å². The maximum atomic E-state index is 12.5. The van der Waals surface area contributed by atoms with Gasteiger partial charge in [0.25, 0.3) is 0 Å². The summed E-state index contributed by atoms with van der Waals surface area (Å²) in [5.41, 5.74) is 4.99. The Morgan fingerprint density at radius 3 is 2.21 bits per heavy atom. The second-order valence-corrected chi connectivity index (χ2v) is 7.84. The highest BCUT2D eigenvalue weighted by Crippen LogP contribution is 2.23. The summed E-state index contributed by atoms with van der Waals surface area (Å²) in [4.78, 5) is 58.4. The van der Waals surface area contributed by atoms with Crippen LogP contribution in [0.2, 0.25) is 0 Å². The third kappa shape index (κ3) is 8.49. The maximum absolute atomic E-state index is 12.5. The number of aliphatic hydroxyl groups excluding tert-OH is 3. The monoisotopic (exact) mass is 492 g/mol. The maximum Gasteiger partial charge on any atom is 0.326 e. The number of carboxylic acid groups (broad SMARTS) is 1. The second kappa shape index (κ2) is 13.1. The number of hydrogen-bond acceptors (Lipinski definition) is 10. The fraction of sp³-hybridized carbons (Fsp3) is 0.737. The zero-order chi connectivity index (χ0) is 26.2. The number of amides is 4. The summed E-state index contributed by atoms with van der Waals surface area (Å²) < 4.78 is 10.6. The molecule has 0 spiro atoms. The highest BCUT2D eigenvalue weighted by Gasteiger charge is 2.47. The number of ether oxygens (including phenoxy) is 2. The molecular weight excluding hydrogens is 460 g/mol. The van der Waals surface area contributed by atoms with Crippen molar-refractivity contribution in [3.8, 4) is 0 Å². The van der Waals surface area contributed by atoms with Crippen LogP contribution in [0.3, 0.4) is 0 Å². The Morgan fingerprint density at radius 2 is 1.71 bits per heavy atom. The van der Waals surface area contributed by atoms with Gasteiger partial charge in [-0.25, -0.2) is 4.79 Å². The van der Waals surface area contributed by atoms with Gasteiger partial charge in [0.1, 0.15) is 42.5 Å². The van der Waals surface area contributed by atoms with Gasteiger partial charge in [0.2, 0.25) is 23.6 Å². The molecule has 0 aromatic heterocycles. The first-order chi connectivity index (χ1) is 15.8. The molecule has 1 rings (SSSR count). The van der Waals surface area contributed by atoms with Gasteiger partial charge in [-0.05, 0) is 20.3 Å². The van der Waals surface area contributed by atoms with Gasteiger partial charge in [0.05, 0.1) is 6.61 Å². The van der Waals surface area contributed by atoms with Crippen molar-refractivity contribution in [1.82, 2.24) is 16.0 Å². The Hall–Kier alpha value is -2.85. The molecule has 1 fully saturated rings. The van der Waals surface area contributed by atoms with E-state index in [9.17, 15) is 39.3 Å². The first-order valence-electron chi connectivity index (χ1n) is 10.4. The molecule has 0 unspecified atom stereocenters. The SMILES string of the molecule is CC(=O)N[C@H]1[C@@H](O[C@H](C)C(=O)N[C@@H](C)C(=O)N[C@H](CCC(N)=O)C(=O)O)[C@H](O)[C@@H](CO)O[C@@H]1O. The predicted molar refractivity (Wildman–Crippen MR) is 112 cm³/mol. The Balaban J connectivity index is 2.80. The minimum Gasteiger partial charge on any atom is -0.480 e. The molecule has 1 aliphatic rings. The van der Waals surface area contributed by atoms with E-state index >= 15 is 0 Å². The molecule has 8 atom stereocenters. The lowest BCUT2D eigenvalue weighted by molar-refractivity contribution is -0.266. The van der Waals surface area contributed by atoms with Gasteiger partial charge in [0, 0.05) is 13.3 Å². The number of nitrogens with one attached hydrogen (secondary N) is 3. The molecule has 0 aromatic rings. The van der Waals surface area contributed by atoms with Gasteiger partial charge in [-0.3, -0.25) is 19.2 Å². The summed E-state index contributed by atoms with van der Waals surface area (Å²) >= 11 is 0. The quantitative estimate of drug-likeness (QED) is 0.129. The Morgan fingerprint density at radius 1 is 1.09 bits per heavy atom. The van der Waals surface area contributed by atoms with E-state index in [1.54, 1.807) is 0 Å². The highest BCUT2D eigenvalue weighted by atomic mass is 16.6. The molecule has 0 aromatic carbocycles. The number of aliphatic hydroxyl groups is 3. The van der Waals surface area contributed by atoms with Crippen LogP contribution >= 0.6 is 0 Å². The molecule has 34 heavy (non-hydrogen) atoms. The van der Waals surface area contributed by atoms with Gasteiger partial charge in [-0.15, -0.1) is 0 Å². The van der Waals surface area contributed by atoms with E-state index in [4.69, 9.17) is 20.3 Å². The first kappa shape index (κ1) is 29.2. The number of hydrogen-bond donors (Lipinski definition) is 8. The lowest BCUT2D eigenvalue weighted by Crippen LogP contribution is -2.65. The third-order valence-electron chi connectivity index (χ3n) is 5.02. The minimum absolute atomic E-state index is 0.239. The molecule has 15 heteroatoms. The van der Waals surface area contributed by atoms with Crippen LogP contribution in [0.15, 0.2) is 0 Å². The summed E-state index contributed by atoms with van der Waals surface area (Å²) in [6, 6.07) is -3.89. The summed E-state index contributed by atoms with van der Waals surface area (Å²) in [5.74, 6) is -4.39. The topological polar surface area (TPSA) is 247 Å². The lowest BCUT2D eigenvalue weighted by atomic mass is 9.96. The molecule has 4 amide bonds. The number of carboxylic acids is 1. The summed E-state index contributed by atoms with van der Waals surface area (Å²) in [6.45, 7) is 3.03. The van der Waals surface area contributed by atoms with Crippen molar-refractivity contribution in [2.24, 2.45) is 5.73 Å². The van der Waals surface area contributed by atoms with Crippen LogP contribution in [-0.4, -0.2) is 105 Å². The van der Waals surface area contributed by atoms with Crippen LogP contribution in [-0.2, 0) is 33.4 Å². The summed E-state index contributed by atoms with van der Waals surface area (Å²) in [5, 5.41) is 45.9. The van der Waals surface area contributed by atoms with E-state index in [0.29, 0.717) is 0 Å². The fourth-order valence-corrected chi connectivity index (χ4v) is 3.17. The molecule has 194 valence electrons. The van der Waals surface area contributed by atoms with E-state index < -0.39 is 85.0 Å². The molecule has 1 heterocycles. The van der Waals surface area contributed by atoms with Crippen molar-refractivity contribution in [3.63, 3.8) is 0 Å².